The Bertz CT molecular complexity index is 331. The van der Waals surface area contributed by atoms with E-state index in [-0.39, 0.29) is 6.42 Å². The van der Waals surface area contributed by atoms with Crippen LogP contribution in [0.5, 0.6) is 0 Å². The van der Waals surface area contributed by atoms with Crippen LogP contribution in [-0.2, 0) is 4.79 Å². The molecule has 2 nitrogen and oxygen atoms in total. The van der Waals surface area contributed by atoms with E-state index in [2.05, 4.69) is 13.0 Å². The molecular weight excluding hydrogens is 308 g/mol. The van der Waals surface area contributed by atoms with Crippen LogP contribution in [0.1, 0.15) is 116 Å². The number of carbonyl (C=O) groups is 1. The van der Waals surface area contributed by atoms with Gasteiger partial charge in [0.05, 0.1) is 0 Å². The second kappa shape index (κ2) is 21.0. The standard InChI is InChI=1S/C23H42O2/c1-2-3-4-5-6-7-8-9-10-11-12-13-14-15-16-17-18-19-20-21-22-23(24)25/h17-20H,2-16,21-22H2,1H3,(H,24,25). The fourth-order valence-electron chi connectivity index (χ4n) is 3.01. The van der Waals surface area contributed by atoms with E-state index < -0.39 is 5.97 Å². The molecule has 0 amide bonds. The fraction of sp³-hybridized carbons (Fsp3) is 0.783. The summed E-state index contributed by atoms with van der Waals surface area (Å²) in [5.74, 6) is -0.726. The average molecular weight is 351 g/mol. The predicted octanol–water partition coefficient (Wildman–Crippen LogP) is 7.84. The summed E-state index contributed by atoms with van der Waals surface area (Å²) in [5, 5.41) is 8.51. The second-order valence-corrected chi connectivity index (χ2v) is 7.17. The molecule has 0 spiro atoms. The van der Waals surface area contributed by atoms with Gasteiger partial charge in [-0.05, 0) is 19.3 Å². The van der Waals surface area contributed by atoms with E-state index >= 15 is 0 Å². The van der Waals surface area contributed by atoms with Crippen LogP contribution < -0.4 is 0 Å². The zero-order chi connectivity index (χ0) is 18.4. The Balaban J connectivity index is 3.12. The zero-order valence-electron chi connectivity index (χ0n) is 16.7. The van der Waals surface area contributed by atoms with Crippen molar-refractivity contribution in [2.24, 2.45) is 0 Å². The lowest BCUT2D eigenvalue weighted by Gasteiger charge is -2.02. The lowest BCUT2D eigenvalue weighted by atomic mass is 10.0. The monoisotopic (exact) mass is 350 g/mol. The molecule has 0 aromatic heterocycles. The number of carboxylic acids is 1. The van der Waals surface area contributed by atoms with Crippen molar-refractivity contribution in [3.8, 4) is 0 Å². The first kappa shape index (κ1) is 23.9. The molecule has 1 N–H and O–H groups in total. The molecule has 0 aliphatic heterocycles. The van der Waals surface area contributed by atoms with Gasteiger partial charge in [0.1, 0.15) is 0 Å². The largest absolute Gasteiger partial charge is 0.481 e. The topological polar surface area (TPSA) is 37.3 Å². The molecule has 0 saturated heterocycles. The molecule has 0 aliphatic rings. The van der Waals surface area contributed by atoms with Crippen molar-refractivity contribution in [1.29, 1.82) is 0 Å². The third kappa shape index (κ3) is 22.9. The molecule has 0 bridgehead atoms. The minimum Gasteiger partial charge on any atom is -0.481 e. The number of aliphatic carboxylic acids is 1. The Morgan fingerprint density at radius 1 is 0.640 bits per heavy atom. The van der Waals surface area contributed by atoms with Crippen molar-refractivity contribution in [2.45, 2.75) is 116 Å². The van der Waals surface area contributed by atoms with E-state index in [1.54, 1.807) is 0 Å². The smallest absolute Gasteiger partial charge is 0.303 e. The molecule has 0 heterocycles. The summed E-state index contributed by atoms with van der Waals surface area (Å²) in [6.45, 7) is 2.28. The van der Waals surface area contributed by atoms with Gasteiger partial charge in [-0.15, -0.1) is 0 Å². The molecular formula is C23H42O2. The van der Waals surface area contributed by atoms with Gasteiger partial charge in [-0.2, -0.15) is 0 Å². The maximum absolute atomic E-state index is 10.3. The number of unbranched alkanes of at least 4 members (excludes halogenated alkanes) is 14. The predicted molar refractivity (Wildman–Crippen MR) is 110 cm³/mol. The minimum atomic E-state index is -0.726. The fourth-order valence-corrected chi connectivity index (χ4v) is 3.01. The third-order valence-electron chi connectivity index (χ3n) is 4.63. The summed E-state index contributed by atoms with van der Waals surface area (Å²) in [6, 6.07) is 0. The highest BCUT2D eigenvalue weighted by atomic mass is 16.4. The number of hydrogen-bond donors (Lipinski definition) is 1. The van der Waals surface area contributed by atoms with Crippen molar-refractivity contribution in [1.82, 2.24) is 0 Å². The molecule has 0 aromatic carbocycles. The molecule has 0 aliphatic carbocycles. The maximum Gasteiger partial charge on any atom is 0.303 e. The first-order valence-electron chi connectivity index (χ1n) is 10.8. The molecule has 2 heteroatoms. The van der Waals surface area contributed by atoms with Gasteiger partial charge in [-0.1, -0.05) is 115 Å². The second-order valence-electron chi connectivity index (χ2n) is 7.17. The van der Waals surface area contributed by atoms with E-state index in [9.17, 15) is 4.79 Å². The molecule has 0 rings (SSSR count). The van der Waals surface area contributed by atoms with E-state index in [1.165, 1.54) is 89.9 Å². The summed E-state index contributed by atoms with van der Waals surface area (Å²) in [6.07, 6.45) is 29.8. The summed E-state index contributed by atoms with van der Waals surface area (Å²) < 4.78 is 0. The number of allylic oxidation sites excluding steroid dienone is 4. The first-order chi connectivity index (χ1) is 12.3. The van der Waals surface area contributed by atoms with Crippen LogP contribution >= 0.6 is 0 Å². The Labute approximate surface area is 156 Å². The lowest BCUT2D eigenvalue weighted by molar-refractivity contribution is -0.136. The molecule has 0 radical (unpaired) electrons. The summed E-state index contributed by atoms with van der Waals surface area (Å²) >= 11 is 0. The van der Waals surface area contributed by atoms with Gasteiger partial charge in [0.25, 0.3) is 0 Å². The Hall–Kier alpha value is -1.05. The van der Waals surface area contributed by atoms with Crippen molar-refractivity contribution in [2.75, 3.05) is 0 Å². The first-order valence-corrected chi connectivity index (χ1v) is 10.8. The number of carboxylic acid groups (broad SMARTS) is 1. The third-order valence-corrected chi connectivity index (χ3v) is 4.63. The van der Waals surface area contributed by atoms with Gasteiger partial charge in [0, 0.05) is 6.42 Å². The molecule has 0 fully saturated rings. The van der Waals surface area contributed by atoms with Crippen molar-refractivity contribution < 1.29 is 9.90 Å². The number of rotatable bonds is 19. The van der Waals surface area contributed by atoms with Gasteiger partial charge in [-0.25, -0.2) is 0 Å². The maximum atomic E-state index is 10.3. The van der Waals surface area contributed by atoms with Gasteiger partial charge < -0.3 is 5.11 Å². The van der Waals surface area contributed by atoms with Crippen LogP contribution in [-0.4, -0.2) is 11.1 Å². The molecule has 0 aromatic rings. The van der Waals surface area contributed by atoms with Crippen LogP contribution in [0, 0.1) is 0 Å². The highest BCUT2D eigenvalue weighted by Crippen LogP contribution is 2.13. The highest BCUT2D eigenvalue weighted by molar-refractivity contribution is 5.66. The number of hydrogen-bond acceptors (Lipinski definition) is 1. The van der Waals surface area contributed by atoms with Crippen LogP contribution in [0.15, 0.2) is 24.3 Å². The Kier molecular flexibility index (Phi) is 20.1. The molecule has 0 saturated carbocycles. The summed E-state index contributed by atoms with van der Waals surface area (Å²) in [4.78, 5) is 10.3. The van der Waals surface area contributed by atoms with E-state index in [0.717, 1.165) is 6.42 Å². The van der Waals surface area contributed by atoms with E-state index in [1.807, 2.05) is 18.2 Å². The van der Waals surface area contributed by atoms with Crippen LogP contribution in [0.25, 0.3) is 0 Å². The molecule has 146 valence electrons. The lowest BCUT2D eigenvalue weighted by Crippen LogP contribution is -1.91. The van der Waals surface area contributed by atoms with E-state index in [4.69, 9.17) is 5.11 Å². The quantitative estimate of drug-likeness (QED) is 0.190. The Morgan fingerprint density at radius 3 is 1.48 bits per heavy atom. The summed E-state index contributed by atoms with van der Waals surface area (Å²) in [5.41, 5.74) is 0. The minimum absolute atomic E-state index is 0.225. The average Bonchev–Trinajstić information content (AvgIpc) is 2.60. The van der Waals surface area contributed by atoms with E-state index in [0.29, 0.717) is 6.42 Å². The normalized spacial score (nSPS) is 11.7. The van der Waals surface area contributed by atoms with Gasteiger partial charge in [0.2, 0.25) is 0 Å². The Morgan fingerprint density at radius 2 is 1.04 bits per heavy atom. The van der Waals surface area contributed by atoms with Crippen LogP contribution in [0.3, 0.4) is 0 Å². The van der Waals surface area contributed by atoms with Crippen molar-refractivity contribution in [3.63, 3.8) is 0 Å². The van der Waals surface area contributed by atoms with Gasteiger partial charge >= 0.3 is 5.97 Å². The molecule has 0 unspecified atom stereocenters. The van der Waals surface area contributed by atoms with Crippen molar-refractivity contribution in [3.05, 3.63) is 24.3 Å². The van der Waals surface area contributed by atoms with Crippen molar-refractivity contribution >= 4 is 5.97 Å². The zero-order valence-corrected chi connectivity index (χ0v) is 16.7. The van der Waals surface area contributed by atoms with Crippen LogP contribution in [0.4, 0.5) is 0 Å². The molecule has 25 heavy (non-hydrogen) atoms. The highest BCUT2D eigenvalue weighted by Gasteiger charge is 1.94. The SMILES string of the molecule is CCCCCCCCCCCCCCCCC=CC=CCCC(=O)O. The molecule has 0 atom stereocenters. The van der Waals surface area contributed by atoms with Gasteiger partial charge in [0.15, 0.2) is 0 Å². The van der Waals surface area contributed by atoms with Crippen LogP contribution in [0.2, 0.25) is 0 Å². The summed E-state index contributed by atoms with van der Waals surface area (Å²) in [7, 11) is 0. The van der Waals surface area contributed by atoms with Gasteiger partial charge in [-0.3, -0.25) is 4.79 Å².